The van der Waals surface area contributed by atoms with Gasteiger partial charge < -0.3 is 9.84 Å². The van der Waals surface area contributed by atoms with Gasteiger partial charge in [0.25, 0.3) is 0 Å². The maximum Gasteiger partial charge on any atom is 0.303 e. The van der Waals surface area contributed by atoms with E-state index in [4.69, 9.17) is 9.84 Å². The molecule has 0 spiro atoms. The Morgan fingerprint density at radius 3 is 3.00 bits per heavy atom. The molecule has 0 aromatic heterocycles. The average Bonchev–Trinajstić information content (AvgIpc) is 2.35. The Labute approximate surface area is 101 Å². The minimum Gasteiger partial charge on any atom is -0.497 e. The highest BCUT2D eigenvalue weighted by molar-refractivity contribution is 5.75. The number of carboxylic acid groups (broad SMARTS) is 1. The lowest BCUT2D eigenvalue weighted by Gasteiger charge is -2.18. The van der Waals surface area contributed by atoms with E-state index in [0.717, 1.165) is 24.2 Å². The lowest BCUT2D eigenvalue weighted by molar-refractivity contribution is -0.136. The van der Waals surface area contributed by atoms with Crippen LogP contribution in [-0.4, -0.2) is 18.2 Å². The molecule has 0 aliphatic heterocycles. The second-order valence-corrected chi connectivity index (χ2v) is 4.18. The van der Waals surface area contributed by atoms with Crippen molar-refractivity contribution in [3.63, 3.8) is 0 Å². The number of hydrogen-bond acceptors (Lipinski definition) is 2. The Balaban J connectivity index is 2.22. The van der Waals surface area contributed by atoms with E-state index < -0.39 is 5.97 Å². The third kappa shape index (κ3) is 2.67. The fourth-order valence-corrected chi connectivity index (χ4v) is 2.21. The van der Waals surface area contributed by atoms with Gasteiger partial charge in [-0.15, -0.1) is 0 Å². The smallest absolute Gasteiger partial charge is 0.303 e. The number of benzene rings is 1. The van der Waals surface area contributed by atoms with Crippen LogP contribution in [0.15, 0.2) is 24.3 Å². The van der Waals surface area contributed by atoms with Crippen molar-refractivity contribution in [2.45, 2.75) is 25.7 Å². The summed E-state index contributed by atoms with van der Waals surface area (Å²) in [7, 11) is 1.66. The first-order chi connectivity index (χ1) is 8.20. The van der Waals surface area contributed by atoms with Gasteiger partial charge in [0, 0.05) is 6.42 Å². The van der Waals surface area contributed by atoms with Crippen molar-refractivity contribution in [2.75, 3.05) is 7.11 Å². The van der Waals surface area contributed by atoms with E-state index in [2.05, 4.69) is 6.08 Å². The number of ether oxygens (including phenoxy) is 1. The summed E-state index contributed by atoms with van der Waals surface area (Å²) < 4.78 is 5.20. The molecule has 1 N–H and O–H groups in total. The van der Waals surface area contributed by atoms with E-state index in [-0.39, 0.29) is 6.42 Å². The molecule has 0 radical (unpaired) electrons. The minimum absolute atomic E-state index is 0.192. The Kier molecular flexibility index (Phi) is 3.47. The van der Waals surface area contributed by atoms with E-state index in [1.807, 2.05) is 18.2 Å². The Morgan fingerprint density at radius 1 is 1.47 bits per heavy atom. The van der Waals surface area contributed by atoms with Gasteiger partial charge in [-0.25, -0.2) is 0 Å². The van der Waals surface area contributed by atoms with Crippen molar-refractivity contribution in [1.82, 2.24) is 0 Å². The van der Waals surface area contributed by atoms with Gasteiger partial charge in [-0.2, -0.15) is 0 Å². The molecule has 17 heavy (non-hydrogen) atoms. The summed E-state index contributed by atoms with van der Waals surface area (Å²) in [5.41, 5.74) is 3.59. The molecule has 0 unspecified atom stereocenters. The standard InChI is InChI=1S/C14H16O3/c1-17-12-6-7-13-10(5-8-14(15)16)3-2-4-11(13)9-12/h3,6-7,9H,2,4-5,8H2,1H3,(H,15,16). The van der Waals surface area contributed by atoms with Crippen LogP contribution in [0.25, 0.3) is 5.57 Å². The predicted octanol–water partition coefficient (Wildman–Crippen LogP) is 2.89. The van der Waals surface area contributed by atoms with Crippen molar-refractivity contribution in [3.8, 4) is 5.75 Å². The molecule has 0 amide bonds. The number of hydrogen-bond donors (Lipinski definition) is 1. The number of aliphatic carboxylic acids is 1. The molecule has 0 heterocycles. The molecule has 1 aromatic rings. The molecular weight excluding hydrogens is 216 g/mol. The Bertz CT molecular complexity index is 461. The second kappa shape index (κ2) is 5.04. The number of rotatable bonds is 4. The van der Waals surface area contributed by atoms with E-state index in [1.165, 1.54) is 11.1 Å². The van der Waals surface area contributed by atoms with Crippen LogP contribution in [0.2, 0.25) is 0 Å². The highest BCUT2D eigenvalue weighted by atomic mass is 16.5. The summed E-state index contributed by atoms with van der Waals surface area (Å²) in [5.74, 6) is 0.120. The van der Waals surface area contributed by atoms with Crippen LogP contribution < -0.4 is 4.74 Å². The molecule has 1 aliphatic carbocycles. The number of allylic oxidation sites excluding steroid dienone is 2. The summed E-state index contributed by atoms with van der Waals surface area (Å²) in [4.78, 5) is 10.6. The maximum absolute atomic E-state index is 10.6. The molecule has 0 saturated heterocycles. The first-order valence-electron chi connectivity index (χ1n) is 5.79. The molecule has 90 valence electrons. The highest BCUT2D eigenvalue weighted by Gasteiger charge is 2.14. The van der Waals surface area contributed by atoms with Gasteiger partial charge in [0.2, 0.25) is 0 Å². The van der Waals surface area contributed by atoms with Crippen LogP contribution in [0.5, 0.6) is 5.75 Å². The van der Waals surface area contributed by atoms with Gasteiger partial charge in [0.1, 0.15) is 5.75 Å². The monoisotopic (exact) mass is 232 g/mol. The van der Waals surface area contributed by atoms with Gasteiger partial charge in [-0.05, 0) is 48.1 Å². The van der Waals surface area contributed by atoms with E-state index in [9.17, 15) is 4.79 Å². The van der Waals surface area contributed by atoms with E-state index in [0.29, 0.717) is 6.42 Å². The van der Waals surface area contributed by atoms with Crippen LogP contribution in [0.4, 0.5) is 0 Å². The number of aryl methyl sites for hydroxylation is 1. The van der Waals surface area contributed by atoms with Crippen molar-refractivity contribution < 1.29 is 14.6 Å². The minimum atomic E-state index is -0.744. The SMILES string of the molecule is COc1ccc2c(c1)CCC=C2CCC(=O)O. The molecule has 0 atom stereocenters. The van der Waals surface area contributed by atoms with Crippen LogP contribution in [0.1, 0.15) is 30.4 Å². The molecule has 0 fully saturated rings. The molecule has 1 aliphatic rings. The molecule has 2 rings (SSSR count). The van der Waals surface area contributed by atoms with Gasteiger partial charge in [0.05, 0.1) is 7.11 Å². The van der Waals surface area contributed by atoms with Crippen LogP contribution in [-0.2, 0) is 11.2 Å². The van der Waals surface area contributed by atoms with Crippen LogP contribution in [0.3, 0.4) is 0 Å². The Morgan fingerprint density at radius 2 is 2.29 bits per heavy atom. The third-order valence-electron chi connectivity index (χ3n) is 3.07. The van der Waals surface area contributed by atoms with Crippen LogP contribution >= 0.6 is 0 Å². The molecule has 0 saturated carbocycles. The summed E-state index contributed by atoms with van der Waals surface area (Å²) in [6.07, 6.45) is 4.93. The first-order valence-corrected chi connectivity index (χ1v) is 5.79. The van der Waals surface area contributed by atoms with Gasteiger partial charge in [-0.1, -0.05) is 12.1 Å². The number of fused-ring (bicyclic) bond motifs is 1. The zero-order valence-corrected chi connectivity index (χ0v) is 9.90. The fraction of sp³-hybridized carbons (Fsp3) is 0.357. The lowest BCUT2D eigenvalue weighted by atomic mass is 9.88. The Hall–Kier alpha value is -1.77. The van der Waals surface area contributed by atoms with Gasteiger partial charge in [0.15, 0.2) is 0 Å². The van der Waals surface area contributed by atoms with E-state index >= 15 is 0 Å². The van der Waals surface area contributed by atoms with E-state index in [1.54, 1.807) is 7.11 Å². The summed E-state index contributed by atoms with van der Waals surface area (Å²) in [5, 5.41) is 8.73. The van der Waals surface area contributed by atoms with Crippen molar-refractivity contribution in [1.29, 1.82) is 0 Å². The van der Waals surface area contributed by atoms with Crippen LogP contribution in [0, 0.1) is 0 Å². The third-order valence-corrected chi connectivity index (χ3v) is 3.07. The van der Waals surface area contributed by atoms with Crippen molar-refractivity contribution in [2.24, 2.45) is 0 Å². The molecule has 3 nitrogen and oxygen atoms in total. The zero-order valence-electron chi connectivity index (χ0n) is 9.90. The zero-order chi connectivity index (χ0) is 12.3. The van der Waals surface area contributed by atoms with Crippen molar-refractivity contribution >= 4 is 11.5 Å². The fourth-order valence-electron chi connectivity index (χ4n) is 2.21. The number of carboxylic acids is 1. The normalized spacial score (nSPS) is 13.8. The predicted molar refractivity (Wildman–Crippen MR) is 66.2 cm³/mol. The molecule has 3 heteroatoms. The number of methoxy groups -OCH3 is 1. The van der Waals surface area contributed by atoms with Gasteiger partial charge >= 0.3 is 5.97 Å². The quantitative estimate of drug-likeness (QED) is 0.868. The lowest BCUT2D eigenvalue weighted by Crippen LogP contribution is -2.02. The topological polar surface area (TPSA) is 46.5 Å². The van der Waals surface area contributed by atoms with Gasteiger partial charge in [-0.3, -0.25) is 4.79 Å². The molecular formula is C14H16O3. The number of carbonyl (C=O) groups is 1. The second-order valence-electron chi connectivity index (χ2n) is 4.18. The summed E-state index contributed by atoms with van der Waals surface area (Å²) >= 11 is 0. The first kappa shape index (κ1) is 11.7. The largest absolute Gasteiger partial charge is 0.497 e. The molecule has 1 aromatic carbocycles. The molecule has 0 bridgehead atoms. The maximum atomic E-state index is 10.6. The van der Waals surface area contributed by atoms with Crippen molar-refractivity contribution in [3.05, 3.63) is 35.4 Å². The summed E-state index contributed by atoms with van der Waals surface area (Å²) in [6, 6.07) is 6.00. The highest BCUT2D eigenvalue weighted by Crippen LogP contribution is 2.31. The average molecular weight is 232 g/mol. The summed E-state index contributed by atoms with van der Waals surface area (Å²) in [6.45, 7) is 0.